The summed E-state index contributed by atoms with van der Waals surface area (Å²) in [7, 11) is 0. The lowest BCUT2D eigenvalue weighted by Crippen LogP contribution is -2.11. The van der Waals surface area contributed by atoms with Gasteiger partial charge < -0.3 is 9.47 Å². The van der Waals surface area contributed by atoms with E-state index < -0.39 is 5.97 Å². The van der Waals surface area contributed by atoms with Crippen LogP contribution in [-0.4, -0.2) is 22.8 Å². The molecule has 0 N–H and O–H groups in total. The summed E-state index contributed by atoms with van der Waals surface area (Å²) in [5, 5.41) is 7.46. The number of rotatable bonds is 5. The normalized spacial score (nSPS) is 9.95. The third-order valence-electron chi connectivity index (χ3n) is 2.45. The van der Waals surface area contributed by atoms with Crippen molar-refractivity contribution >= 4 is 5.97 Å². The molecule has 1 aromatic heterocycles. The van der Waals surface area contributed by atoms with Crippen molar-refractivity contribution in [2.75, 3.05) is 6.61 Å². The SMILES string of the molecule is CCOC(=O)c1cnncc1COc1ccccc1. The predicted molar refractivity (Wildman–Crippen MR) is 68.8 cm³/mol. The van der Waals surface area contributed by atoms with Gasteiger partial charge in [0.1, 0.15) is 12.4 Å². The number of hydrogen-bond acceptors (Lipinski definition) is 5. The summed E-state index contributed by atoms with van der Waals surface area (Å²) >= 11 is 0. The van der Waals surface area contributed by atoms with Crippen molar-refractivity contribution in [2.24, 2.45) is 0 Å². The third-order valence-corrected chi connectivity index (χ3v) is 2.45. The Hall–Kier alpha value is -2.43. The fraction of sp³-hybridized carbons (Fsp3) is 0.214. The van der Waals surface area contributed by atoms with Gasteiger partial charge in [-0.2, -0.15) is 10.2 Å². The summed E-state index contributed by atoms with van der Waals surface area (Å²) in [6, 6.07) is 9.36. The zero-order chi connectivity index (χ0) is 13.5. The Morgan fingerprint density at radius 3 is 2.63 bits per heavy atom. The molecule has 0 aliphatic heterocycles. The second-order valence-corrected chi connectivity index (χ2v) is 3.75. The molecule has 2 rings (SSSR count). The highest BCUT2D eigenvalue weighted by Gasteiger charge is 2.13. The lowest BCUT2D eigenvalue weighted by atomic mass is 10.2. The average molecular weight is 258 g/mol. The Morgan fingerprint density at radius 2 is 1.89 bits per heavy atom. The van der Waals surface area contributed by atoms with Crippen molar-refractivity contribution in [3.8, 4) is 5.75 Å². The van der Waals surface area contributed by atoms with Gasteiger partial charge in [0.2, 0.25) is 0 Å². The molecule has 5 heteroatoms. The molecule has 1 heterocycles. The fourth-order valence-electron chi connectivity index (χ4n) is 1.53. The Labute approximate surface area is 111 Å². The summed E-state index contributed by atoms with van der Waals surface area (Å²) in [5.74, 6) is 0.318. The fourth-order valence-corrected chi connectivity index (χ4v) is 1.53. The van der Waals surface area contributed by atoms with Crippen LogP contribution in [0.4, 0.5) is 0 Å². The summed E-state index contributed by atoms with van der Waals surface area (Å²) in [4.78, 5) is 11.7. The number of carbonyl (C=O) groups is 1. The van der Waals surface area contributed by atoms with Gasteiger partial charge in [0.15, 0.2) is 0 Å². The van der Waals surface area contributed by atoms with Crippen molar-refractivity contribution < 1.29 is 14.3 Å². The molecule has 98 valence electrons. The molecule has 0 aliphatic carbocycles. The Morgan fingerprint density at radius 1 is 1.16 bits per heavy atom. The number of esters is 1. The van der Waals surface area contributed by atoms with Crippen molar-refractivity contribution in [1.29, 1.82) is 0 Å². The molecule has 2 aromatic rings. The number of para-hydroxylation sites is 1. The van der Waals surface area contributed by atoms with E-state index >= 15 is 0 Å². The van der Waals surface area contributed by atoms with Crippen LogP contribution in [0.25, 0.3) is 0 Å². The second-order valence-electron chi connectivity index (χ2n) is 3.75. The summed E-state index contributed by atoms with van der Waals surface area (Å²) in [6.07, 6.45) is 2.90. The number of ether oxygens (including phenoxy) is 2. The van der Waals surface area contributed by atoms with E-state index in [-0.39, 0.29) is 6.61 Å². The molecule has 5 nitrogen and oxygen atoms in total. The van der Waals surface area contributed by atoms with Crippen molar-refractivity contribution in [3.63, 3.8) is 0 Å². The van der Waals surface area contributed by atoms with Crippen LogP contribution in [0.5, 0.6) is 5.75 Å². The minimum atomic E-state index is -0.413. The molecule has 1 aromatic carbocycles. The number of benzene rings is 1. The van der Waals surface area contributed by atoms with Crippen LogP contribution in [0.2, 0.25) is 0 Å². The first kappa shape index (κ1) is 13.0. The first-order valence-electron chi connectivity index (χ1n) is 5.95. The molecule has 0 spiro atoms. The molecule has 0 bridgehead atoms. The van der Waals surface area contributed by atoms with E-state index in [2.05, 4.69) is 10.2 Å². The molecule has 0 radical (unpaired) electrons. The van der Waals surface area contributed by atoms with Gasteiger partial charge in [-0.15, -0.1) is 0 Å². The predicted octanol–water partition coefficient (Wildman–Crippen LogP) is 2.23. The third kappa shape index (κ3) is 3.51. The van der Waals surface area contributed by atoms with Gasteiger partial charge in [0, 0.05) is 5.56 Å². The molecular formula is C14H14N2O3. The van der Waals surface area contributed by atoms with Crippen LogP contribution in [0.3, 0.4) is 0 Å². The highest BCUT2D eigenvalue weighted by Crippen LogP contribution is 2.14. The van der Waals surface area contributed by atoms with Gasteiger partial charge in [-0.1, -0.05) is 18.2 Å². The number of hydrogen-bond donors (Lipinski definition) is 0. The highest BCUT2D eigenvalue weighted by atomic mass is 16.5. The van der Waals surface area contributed by atoms with E-state index in [9.17, 15) is 4.79 Å². The lowest BCUT2D eigenvalue weighted by Gasteiger charge is -2.09. The summed E-state index contributed by atoms with van der Waals surface area (Å²) in [6.45, 7) is 2.32. The quantitative estimate of drug-likeness (QED) is 0.770. The molecule has 0 unspecified atom stereocenters. The maximum Gasteiger partial charge on any atom is 0.340 e. The van der Waals surface area contributed by atoms with Crippen LogP contribution < -0.4 is 4.74 Å². The second kappa shape index (κ2) is 6.49. The maximum atomic E-state index is 11.7. The molecule has 0 saturated carbocycles. The van der Waals surface area contributed by atoms with E-state index in [1.807, 2.05) is 30.3 Å². The topological polar surface area (TPSA) is 61.3 Å². The zero-order valence-electron chi connectivity index (χ0n) is 10.6. The van der Waals surface area contributed by atoms with Gasteiger partial charge in [-0.25, -0.2) is 4.79 Å². The Bertz CT molecular complexity index is 543. The van der Waals surface area contributed by atoms with Crippen molar-refractivity contribution in [1.82, 2.24) is 10.2 Å². The Balaban J connectivity index is 2.10. The van der Waals surface area contributed by atoms with Gasteiger partial charge in [-0.3, -0.25) is 0 Å². The van der Waals surface area contributed by atoms with Crippen LogP contribution in [0, 0.1) is 0 Å². The van der Waals surface area contributed by atoms with Gasteiger partial charge in [0.05, 0.1) is 24.6 Å². The average Bonchev–Trinajstić information content (AvgIpc) is 2.47. The van der Waals surface area contributed by atoms with Crippen molar-refractivity contribution in [3.05, 3.63) is 53.9 Å². The number of aromatic nitrogens is 2. The van der Waals surface area contributed by atoms with E-state index in [4.69, 9.17) is 9.47 Å². The molecule has 19 heavy (non-hydrogen) atoms. The first-order chi connectivity index (χ1) is 9.31. The number of nitrogens with zero attached hydrogens (tertiary/aromatic N) is 2. The van der Waals surface area contributed by atoms with E-state index in [0.29, 0.717) is 17.7 Å². The van der Waals surface area contributed by atoms with Crippen LogP contribution in [0.1, 0.15) is 22.8 Å². The standard InChI is InChI=1S/C14H14N2O3/c1-2-18-14(17)13-9-16-15-8-11(13)10-19-12-6-4-3-5-7-12/h3-9H,2,10H2,1H3. The summed E-state index contributed by atoms with van der Waals surface area (Å²) < 4.78 is 10.5. The maximum absolute atomic E-state index is 11.7. The van der Waals surface area contributed by atoms with E-state index in [0.717, 1.165) is 5.75 Å². The Kier molecular flexibility index (Phi) is 4.44. The minimum Gasteiger partial charge on any atom is -0.489 e. The first-order valence-corrected chi connectivity index (χ1v) is 5.95. The molecule has 0 aliphatic rings. The molecule has 0 amide bonds. The van der Waals surface area contributed by atoms with Crippen LogP contribution >= 0.6 is 0 Å². The largest absolute Gasteiger partial charge is 0.489 e. The molecule has 0 saturated heterocycles. The van der Waals surface area contributed by atoms with E-state index in [1.54, 1.807) is 6.92 Å². The van der Waals surface area contributed by atoms with Gasteiger partial charge >= 0.3 is 5.97 Å². The molecule has 0 fully saturated rings. The minimum absolute atomic E-state index is 0.244. The molecular weight excluding hydrogens is 244 g/mol. The molecule has 0 atom stereocenters. The van der Waals surface area contributed by atoms with Gasteiger partial charge in [0.25, 0.3) is 0 Å². The monoisotopic (exact) mass is 258 g/mol. The van der Waals surface area contributed by atoms with Crippen molar-refractivity contribution in [2.45, 2.75) is 13.5 Å². The lowest BCUT2D eigenvalue weighted by molar-refractivity contribution is 0.0522. The van der Waals surface area contributed by atoms with Crippen LogP contribution in [-0.2, 0) is 11.3 Å². The smallest absolute Gasteiger partial charge is 0.340 e. The summed E-state index contributed by atoms with van der Waals surface area (Å²) in [5.41, 5.74) is 1.03. The van der Waals surface area contributed by atoms with E-state index in [1.165, 1.54) is 12.4 Å². The van der Waals surface area contributed by atoms with Gasteiger partial charge in [-0.05, 0) is 19.1 Å². The van der Waals surface area contributed by atoms with Crippen LogP contribution in [0.15, 0.2) is 42.7 Å². The number of carbonyl (C=O) groups excluding carboxylic acids is 1. The zero-order valence-corrected chi connectivity index (χ0v) is 10.6. The highest BCUT2D eigenvalue weighted by molar-refractivity contribution is 5.90.